The molecule has 0 aromatic heterocycles. The molecule has 15 heavy (non-hydrogen) atoms. The Morgan fingerprint density at radius 2 is 2.20 bits per heavy atom. The summed E-state index contributed by atoms with van der Waals surface area (Å²) in [7, 11) is 0. The smallest absolute Gasteiger partial charge is 0.313 e. The Morgan fingerprint density at radius 1 is 1.40 bits per heavy atom. The number of piperidine rings is 1. The van der Waals surface area contributed by atoms with Crippen molar-refractivity contribution in [2.45, 2.75) is 51.5 Å². The van der Waals surface area contributed by atoms with Crippen LogP contribution in [0.15, 0.2) is 0 Å². The molecule has 0 spiro atoms. The third kappa shape index (κ3) is 1.89. The van der Waals surface area contributed by atoms with E-state index in [2.05, 4.69) is 5.32 Å². The summed E-state index contributed by atoms with van der Waals surface area (Å²) in [5, 5.41) is 3.50. The van der Waals surface area contributed by atoms with E-state index in [9.17, 15) is 4.79 Å². The van der Waals surface area contributed by atoms with Gasteiger partial charge in [-0.3, -0.25) is 4.79 Å². The molecule has 0 aromatic rings. The zero-order chi connectivity index (χ0) is 10.7. The van der Waals surface area contributed by atoms with Crippen LogP contribution in [-0.2, 0) is 9.53 Å². The summed E-state index contributed by atoms with van der Waals surface area (Å²) in [4.78, 5) is 12.1. The molecule has 1 aliphatic carbocycles. The van der Waals surface area contributed by atoms with Gasteiger partial charge in [-0.05, 0) is 39.2 Å². The summed E-state index contributed by atoms with van der Waals surface area (Å²) in [6.07, 6.45) is 6.71. The highest BCUT2D eigenvalue weighted by atomic mass is 16.5. The van der Waals surface area contributed by atoms with Gasteiger partial charge in [-0.25, -0.2) is 0 Å². The summed E-state index contributed by atoms with van der Waals surface area (Å²) in [6, 6.07) is 0.374. The Labute approximate surface area is 91.6 Å². The Hall–Kier alpha value is -0.570. The Kier molecular flexibility index (Phi) is 3.29. The monoisotopic (exact) mass is 211 g/mol. The van der Waals surface area contributed by atoms with Crippen LogP contribution >= 0.6 is 0 Å². The van der Waals surface area contributed by atoms with E-state index >= 15 is 0 Å². The highest BCUT2D eigenvalue weighted by Gasteiger charge is 2.49. The molecule has 1 heterocycles. The Morgan fingerprint density at radius 3 is 3.00 bits per heavy atom. The number of carbonyl (C=O) groups excluding carboxylic acids is 1. The first-order valence-electron chi connectivity index (χ1n) is 6.20. The number of esters is 1. The first kappa shape index (κ1) is 10.9. The standard InChI is InChI=1S/C12H21NO2/c1-2-15-11(14)12-7-4-3-6-10(12)13-9-5-8-12/h10,13H,2-9H2,1H3/t10-,12-/m0/s1. The van der Waals surface area contributed by atoms with E-state index in [1.54, 1.807) is 0 Å². The number of nitrogens with one attached hydrogen (secondary N) is 1. The van der Waals surface area contributed by atoms with Gasteiger partial charge in [-0.15, -0.1) is 0 Å². The molecule has 3 nitrogen and oxygen atoms in total. The van der Waals surface area contributed by atoms with Crippen molar-refractivity contribution >= 4 is 5.97 Å². The highest BCUT2D eigenvalue weighted by molar-refractivity contribution is 5.78. The van der Waals surface area contributed by atoms with Crippen molar-refractivity contribution in [1.82, 2.24) is 5.32 Å². The third-order valence-electron chi connectivity index (χ3n) is 3.91. The molecular formula is C12H21NO2. The molecule has 0 unspecified atom stereocenters. The predicted molar refractivity (Wildman–Crippen MR) is 58.6 cm³/mol. The molecule has 2 atom stereocenters. The molecule has 0 amide bonds. The molecule has 3 heteroatoms. The van der Waals surface area contributed by atoms with E-state index in [1.165, 1.54) is 12.8 Å². The van der Waals surface area contributed by atoms with E-state index in [-0.39, 0.29) is 11.4 Å². The number of rotatable bonds is 2. The minimum atomic E-state index is -0.188. The van der Waals surface area contributed by atoms with Gasteiger partial charge in [-0.2, -0.15) is 0 Å². The van der Waals surface area contributed by atoms with Crippen LogP contribution in [0.25, 0.3) is 0 Å². The number of carbonyl (C=O) groups is 1. The van der Waals surface area contributed by atoms with Crippen molar-refractivity contribution in [2.24, 2.45) is 5.41 Å². The van der Waals surface area contributed by atoms with Gasteiger partial charge in [0, 0.05) is 6.04 Å². The zero-order valence-corrected chi connectivity index (χ0v) is 9.55. The Balaban J connectivity index is 2.14. The highest BCUT2D eigenvalue weighted by Crippen LogP contribution is 2.43. The maximum Gasteiger partial charge on any atom is 0.313 e. The molecule has 1 saturated carbocycles. The van der Waals surface area contributed by atoms with Crippen LogP contribution in [-0.4, -0.2) is 25.2 Å². The van der Waals surface area contributed by atoms with Crippen LogP contribution in [0.2, 0.25) is 0 Å². The summed E-state index contributed by atoms with van der Waals surface area (Å²) >= 11 is 0. The van der Waals surface area contributed by atoms with Crippen molar-refractivity contribution in [1.29, 1.82) is 0 Å². The molecule has 1 N–H and O–H groups in total. The number of ether oxygens (including phenoxy) is 1. The average Bonchev–Trinajstić information content (AvgIpc) is 2.29. The average molecular weight is 211 g/mol. The molecule has 2 aliphatic rings. The second-order valence-electron chi connectivity index (χ2n) is 4.73. The van der Waals surface area contributed by atoms with Crippen molar-refractivity contribution in [3.8, 4) is 0 Å². The molecule has 1 aliphatic heterocycles. The lowest BCUT2D eigenvalue weighted by Gasteiger charge is -2.45. The zero-order valence-electron chi connectivity index (χ0n) is 9.55. The van der Waals surface area contributed by atoms with Crippen molar-refractivity contribution in [3.63, 3.8) is 0 Å². The van der Waals surface area contributed by atoms with Crippen molar-refractivity contribution < 1.29 is 9.53 Å². The summed E-state index contributed by atoms with van der Waals surface area (Å²) in [6.45, 7) is 3.46. The maximum atomic E-state index is 12.1. The first-order chi connectivity index (χ1) is 7.29. The largest absolute Gasteiger partial charge is 0.466 e. The summed E-state index contributed by atoms with van der Waals surface area (Å²) in [5.41, 5.74) is -0.188. The van der Waals surface area contributed by atoms with Crippen molar-refractivity contribution in [3.05, 3.63) is 0 Å². The second-order valence-corrected chi connectivity index (χ2v) is 4.73. The van der Waals surface area contributed by atoms with Gasteiger partial charge in [-0.1, -0.05) is 12.8 Å². The van der Waals surface area contributed by atoms with Crippen LogP contribution in [0.1, 0.15) is 45.4 Å². The topological polar surface area (TPSA) is 38.3 Å². The van der Waals surface area contributed by atoms with Gasteiger partial charge in [0.25, 0.3) is 0 Å². The van der Waals surface area contributed by atoms with E-state index in [4.69, 9.17) is 4.74 Å². The van der Waals surface area contributed by atoms with Gasteiger partial charge in [0.05, 0.1) is 12.0 Å². The van der Waals surface area contributed by atoms with Crippen LogP contribution in [0.3, 0.4) is 0 Å². The first-order valence-corrected chi connectivity index (χ1v) is 6.20. The third-order valence-corrected chi connectivity index (χ3v) is 3.91. The van der Waals surface area contributed by atoms with Gasteiger partial charge >= 0.3 is 5.97 Å². The van der Waals surface area contributed by atoms with E-state index < -0.39 is 0 Å². The molecule has 2 fully saturated rings. The van der Waals surface area contributed by atoms with Gasteiger partial charge in [0.1, 0.15) is 0 Å². The van der Waals surface area contributed by atoms with Crippen molar-refractivity contribution in [2.75, 3.05) is 13.2 Å². The molecular weight excluding hydrogens is 190 g/mol. The number of hydrogen-bond donors (Lipinski definition) is 1. The van der Waals surface area contributed by atoms with E-state index in [1.807, 2.05) is 6.92 Å². The maximum absolute atomic E-state index is 12.1. The van der Waals surface area contributed by atoms with E-state index in [0.717, 1.165) is 32.2 Å². The molecule has 2 rings (SSSR count). The van der Waals surface area contributed by atoms with Crippen LogP contribution in [0, 0.1) is 5.41 Å². The molecule has 0 bridgehead atoms. The molecule has 0 aromatic carbocycles. The summed E-state index contributed by atoms with van der Waals surface area (Å²) in [5.74, 6) is 0.0434. The molecule has 1 saturated heterocycles. The fourth-order valence-corrected chi connectivity index (χ4v) is 3.14. The lowest BCUT2D eigenvalue weighted by atomic mass is 9.66. The minimum Gasteiger partial charge on any atom is -0.466 e. The minimum absolute atomic E-state index is 0.0434. The fraction of sp³-hybridized carbons (Fsp3) is 0.917. The molecule has 0 radical (unpaired) electrons. The fourth-order valence-electron chi connectivity index (χ4n) is 3.14. The second kappa shape index (κ2) is 4.52. The lowest BCUT2D eigenvalue weighted by Crippen LogP contribution is -2.56. The van der Waals surface area contributed by atoms with Gasteiger partial charge < -0.3 is 10.1 Å². The van der Waals surface area contributed by atoms with Crippen LogP contribution in [0.5, 0.6) is 0 Å². The number of hydrogen-bond acceptors (Lipinski definition) is 3. The normalized spacial score (nSPS) is 35.7. The summed E-state index contributed by atoms with van der Waals surface area (Å²) < 4.78 is 5.26. The SMILES string of the molecule is CCOC(=O)[C@]12CCCC[C@@H]1NCCC2. The molecule has 86 valence electrons. The number of fused-ring (bicyclic) bond motifs is 1. The predicted octanol–water partition coefficient (Wildman–Crippen LogP) is 1.86. The van der Waals surface area contributed by atoms with Crippen LogP contribution in [0.4, 0.5) is 0 Å². The van der Waals surface area contributed by atoms with Gasteiger partial charge in [0.2, 0.25) is 0 Å². The Bertz CT molecular complexity index is 228. The van der Waals surface area contributed by atoms with E-state index in [0.29, 0.717) is 12.6 Å². The van der Waals surface area contributed by atoms with Gasteiger partial charge in [0.15, 0.2) is 0 Å². The quantitative estimate of drug-likeness (QED) is 0.709. The lowest BCUT2D eigenvalue weighted by molar-refractivity contribution is -0.161. The van der Waals surface area contributed by atoms with Crippen LogP contribution < -0.4 is 5.32 Å².